The average molecular weight is 284 g/mol. The first-order valence-electron chi connectivity index (χ1n) is 5.45. The standard InChI is InChI=1S/C11H13FN4O2S/c1-7-14-6-11(15-7)19(17,18)16-10-3-2-8(5-13)4-9(10)12/h2-4,6,16H,5,13H2,1H3,(H,14,15). The summed E-state index contributed by atoms with van der Waals surface area (Å²) < 4.78 is 39.7. The van der Waals surface area contributed by atoms with E-state index in [2.05, 4.69) is 14.7 Å². The van der Waals surface area contributed by atoms with Crippen molar-refractivity contribution >= 4 is 15.7 Å². The van der Waals surface area contributed by atoms with Gasteiger partial charge in [0.05, 0.1) is 11.9 Å². The van der Waals surface area contributed by atoms with E-state index in [9.17, 15) is 12.8 Å². The van der Waals surface area contributed by atoms with Crippen LogP contribution in [0.5, 0.6) is 0 Å². The topological polar surface area (TPSA) is 101 Å². The first-order chi connectivity index (χ1) is 8.92. The number of halogens is 1. The number of hydrogen-bond acceptors (Lipinski definition) is 4. The predicted molar refractivity (Wildman–Crippen MR) is 68.4 cm³/mol. The molecular weight excluding hydrogens is 271 g/mol. The Labute approximate surface area is 109 Å². The van der Waals surface area contributed by atoms with Gasteiger partial charge in [-0.15, -0.1) is 0 Å². The molecule has 0 bridgehead atoms. The van der Waals surface area contributed by atoms with Gasteiger partial charge in [0.25, 0.3) is 10.0 Å². The van der Waals surface area contributed by atoms with Crippen LogP contribution in [0.1, 0.15) is 11.4 Å². The van der Waals surface area contributed by atoms with Crippen LogP contribution in [0, 0.1) is 12.7 Å². The number of anilines is 1. The molecule has 6 nitrogen and oxygen atoms in total. The van der Waals surface area contributed by atoms with Crippen molar-refractivity contribution in [3.8, 4) is 0 Å². The maximum Gasteiger partial charge on any atom is 0.279 e. The molecule has 0 aliphatic rings. The number of H-pyrrole nitrogens is 1. The first kappa shape index (κ1) is 13.5. The summed E-state index contributed by atoms with van der Waals surface area (Å²) in [4.78, 5) is 6.36. The first-order valence-corrected chi connectivity index (χ1v) is 6.93. The molecule has 0 spiro atoms. The summed E-state index contributed by atoms with van der Waals surface area (Å²) in [5.74, 6) is -0.220. The van der Waals surface area contributed by atoms with Crippen molar-refractivity contribution in [3.63, 3.8) is 0 Å². The molecule has 0 aliphatic heterocycles. The summed E-state index contributed by atoms with van der Waals surface area (Å²) in [7, 11) is -3.87. The molecule has 1 aromatic carbocycles. The fourth-order valence-electron chi connectivity index (χ4n) is 1.50. The van der Waals surface area contributed by atoms with E-state index in [4.69, 9.17) is 5.73 Å². The minimum Gasteiger partial charge on any atom is -0.332 e. The maximum absolute atomic E-state index is 13.7. The Morgan fingerprint density at radius 2 is 2.21 bits per heavy atom. The van der Waals surface area contributed by atoms with E-state index in [0.717, 1.165) is 0 Å². The van der Waals surface area contributed by atoms with Gasteiger partial charge in [-0.1, -0.05) is 6.07 Å². The molecular formula is C11H13FN4O2S. The number of sulfonamides is 1. The van der Waals surface area contributed by atoms with Crippen LogP contribution in [0.15, 0.2) is 29.4 Å². The highest BCUT2D eigenvalue weighted by Crippen LogP contribution is 2.19. The smallest absolute Gasteiger partial charge is 0.279 e. The predicted octanol–water partition coefficient (Wildman–Crippen LogP) is 1.12. The van der Waals surface area contributed by atoms with Crippen molar-refractivity contribution in [1.82, 2.24) is 9.97 Å². The van der Waals surface area contributed by atoms with Gasteiger partial charge in [-0.3, -0.25) is 4.72 Å². The zero-order chi connectivity index (χ0) is 14.0. The lowest BCUT2D eigenvalue weighted by atomic mass is 10.2. The van der Waals surface area contributed by atoms with E-state index < -0.39 is 15.8 Å². The fraction of sp³-hybridized carbons (Fsp3) is 0.182. The van der Waals surface area contributed by atoms with E-state index in [1.54, 1.807) is 13.0 Å². The Kier molecular flexibility index (Phi) is 3.54. The normalized spacial score (nSPS) is 11.5. The zero-order valence-electron chi connectivity index (χ0n) is 10.1. The molecule has 2 rings (SSSR count). The minimum absolute atomic E-state index is 0.118. The molecule has 0 fully saturated rings. The van der Waals surface area contributed by atoms with Crippen LogP contribution in [0.2, 0.25) is 0 Å². The van der Waals surface area contributed by atoms with Crippen LogP contribution in [0.25, 0.3) is 0 Å². The molecule has 1 heterocycles. The molecule has 0 aliphatic carbocycles. The molecule has 1 aromatic heterocycles. The van der Waals surface area contributed by atoms with Crippen molar-refractivity contribution in [2.75, 3.05) is 4.72 Å². The van der Waals surface area contributed by atoms with Gasteiger partial charge in [0.15, 0.2) is 5.03 Å². The summed E-state index contributed by atoms with van der Waals surface area (Å²) in [5, 5.41) is -0.118. The Morgan fingerprint density at radius 1 is 1.47 bits per heavy atom. The number of benzene rings is 1. The second-order valence-electron chi connectivity index (χ2n) is 3.96. The van der Waals surface area contributed by atoms with Gasteiger partial charge >= 0.3 is 0 Å². The number of nitrogens with one attached hydrogen (secondary N) is 2. The highest BCUT2D eigenvalue weighted by Gasteiger charge is 2.18. The molecule has 0 atom stereocenters. The van der Waals surface area contributed by atoms with Gasteiger partial charge in [0.2, 0.25) is 0 Å². The van der Waals surface area contributed by atoms with Gasteiger partial charge in [-0.2, -0.15) is 8.42 Å². The largest absolute Gasteiger partial charge is 0.332 e. The SMILES string of the molecule is Cc1ncc(S(=O)(=O)Nc2ccc(CN)cc2F)[nH]1. The molecule has 0 unspecified atom stereocenters. The molecule has 0 radical (unpaired) electrons. The third kappa shape index (κ3) is 2.91. The Bertz CT molecular complexity index is 696. The molecule has 102 valence electrons. The number of hydrogen-bond donors (Lipinski definition) is 3. The second-order valence-corrected chi connectivity index (χ2v) is 5.61. The minimum atomic E-state index is -3.87. The van der Waals surface area contributed by atoms with Crippen molar-refractivity contribution < 1.29 is 12.8 Å². The molecule has 2 aromatic rings. The van der Waals surface area contributed by atoms with Crippen molar-refractivity contribution in [1.29, 1.82) is 0 Å². The lowest BCUT2D eigenvalue weighted by Crippen LogP contribution is -2.14. The summed E-state index contributed by atoms with van der Waals surface area (Å²) in [6, 6.07) is 4.08. The third-order valence-corrected chi connectivity index (χ3v) is 3.76. The Morgan fingerprint density at radius 3 is 2.74 bits per heavy atom. The maximum atomic E-state index is 13.7. The van der Waals surface area contributed by atoms with Crippen molar-refractivity contribution in [3.05, 3.63) is 41.6 Å². The highest BCUT2D eigenvalue weighted by molar-refractivity contribution is 7.92. The van der Waals surface area contributed by atoms with Crippen molar-refractivity contribution in [2.45, 2.75) is 18.5 Å². The molecule has 0 saturated carbocycles. The number of rotatable bonds is 4. The zero-order valence-corrected chi connectivity index (χ0v) is 11.0. The molecule has 19 heavy (non-hydrogen) atoms. The van der Waals surface area contributed by atoms with Crippen LogP contribution in [0.3, 0.4) is 0 Å². The van der Waals surface area contributed by atoms with Gasteiger partial charge in [-0.05, 0) is 24.6 Å². The molecule has 0 amide bonds. The van der Waals surface area contributed by atoms with E-state index in [-0.39, 0.29) is 17.3 Å². The number of aryl methyl sites for hydroxylation is 1. The molecule has 0 saturated heterocycles. The molecule has 8 heteroatoms. The summed E-state index contributed by atoms with van der Waals surface area (Å²) in [6.07, 6.45) is 1.17. The van der Waals surface area contributed by atoms with E-state index in [1.165, 1.54) is 18.3 Å². The average Bonchev–Trinajstić information content (AvgIpc) is 2.79. The van der Waals surface area contributed by atoms with E-state index in [1.807, 2.05) is 0 Å². The highest BCUT2D eigenvalue weighted by atomic mass is 32.2. The number of nitrogens with two attached hydrogens (primary N) is 1. The monoisotopic (exact) mass is 284 g/mol. The van der Waals surface area contributed by atoms with Crippen LogP contribution < -0.4 is 10.5 Å². The Hall–Kier alpha value is -1.93. The summed E-state index contributed by atoms with van der Waals surface area (Å²) in [5.41, 5.74) is 5.82. The van der Waals surface area contributed by atoms with Gasteiger partial charge in [0, 0.05) is 6.54 Å². The lowest BCUT2D eigenvalue weighted by Gasteiger charge is -2.08. The van der Waals surface area contributed by atoms with Crippen LogP contribution in [0.4, 0.5) is 10.1 Å². The molecule has 4 N–H and O–H groups in total. The summed E-state index contributed by atoms with van der Waals surface area (Å²) >= 11 is 0. The summed E-state index contributed by atoms with van der Waals surface area (Å²) in [6.45, 7) is 1.80. The number of aromatic amines is 1. The number of imidazole rings is 1. The van der Waals surface area contributed by atoms with Crippen LogP contribution >= 0.6 is 0 Å². The third-order valence-electron chi connectivity index (χ3n) is 2.48. The van der Waals surface area contributed by atoms with Crippen molar-refractivity contribution in [2.24, 2.45) is 5.73 Å². The lowest BCUT2D eigenvalue weighted by molar-refractivity contribution is 0.595. The Balaban J connectivity index is 2.30. The van der Waals surface area contributed by atoms with E-state index in [0.29, 0.717) is 11.4 Å². The second kappa shape index (κ2) is 4.98. The van der Waals surface area contributed by atoms with E-state index >= 15 is 0 Å². The van der Waals surface area contributed by atoms with Crippen LogP contribution in [-0.4, -0.2) is 18.4 Å². The van der Waals surface area contributed by atoms with Gasteiger partial charge < -0.3 is 10.7 Å². The van der Waals surface area contributed by atoms with Gasteiger partial charge in [0.1, 0.15) is 11.6 Å². The van der Waals surface area contributed by atoms with Gasteiger partial charge in [-0.25, -0.2) is 9.37 Å². The quantitative estimate of drug-likeness (QED) is 0.783. The number of aromatic nitrogens is 2. The number of nitrogens with zero attached hydrogens (tertiary/aromatic N) is 1. The van der Waals surface area contributed by atoms with Crippen LogP contribution in [-0.2, 0) is 16.6 Å². The fourth-order valence-corrected chi connectivity index (χ4v) is 2.54.